The Labute approximate surface area is 469 Å². The van der Waals surface area contributed by atoms with E-state index in [-0.39, 0.29) is 70.3 Å². The second-order valence-electron chi connectivity index (χ2n) is 26.0. The van der Waals surface area contributed by atoms with Crippen LogP contribution in [0.4, 0.5) is 0 Å². The summed E-state index contributed by atoms with van der Waals surface area (Å²) in [5, 5.41) is -0.361. The third-order valence-electron chi connectivity index (χ3n) is 19.4. The molecule has 13 rings (SSSR count). The molecule has 2 heterocycles. The van der Waals surface area contributed by atoms with Crippen LogP contribution in [0.1, 0.15) is 171 Å². The van der Waals surface area contributed by atoms with Crippen LogP contribution < -0.4 is 0 Å². The predicted molar refractivity (Wildman–Crippen MR) is 294 cm³/mol. The van der Waals surface area contributed by atoms with Gasteiger partial charge in [-0.1, -0.05) is 46.7 Å². The van der Waals surface area contributed by atoms with E-state index in [4.69, 9.17) is 32.6 Å². The van der Waals surface area contributed by atoms with Gasteiger partial charge >= 0.3 is 35.8 Å². The molecule has 6 unspecified atom stereocenters. The van der Waals surface area contributed by atoms with Crippen LogP contribution >= 0.6 is 0 Å². The van der Waals surface area contributed by atoms with Crippen molar-refractivity contribution in [3.05, 3.63) is 60.8 Å². The van der Waals surface area contributed by atoms with Crippen molar-refractivity contribution < 1.29 is 74.5 Å². The molecule has 0 aromatic heterocycles. The Balaban J connectivity index is 0.000000145. The van der Waals surface area contributed by atoms with E-state index in [0.717, 1.165) is 42.9 Å². The number of cyclic esters (lactones) is 1. The average molecular weight is 1120 g/mol. The molecule has 6 atom stereocenters. The first-order valence-corrected chi connectivity index (χ1v) is 30.5. The smallest absolute Gasteiger partial charge is 0.347 e. The second-order valence-corrected chi connectivity index (χ2v) is 27.8. The minimum absolute atomic E-state index is 0.0387. The van der Waals surface area contributed by atoms with Crippen LogP contribution in [0.5, 0.6) is 0 Å². The number of esters is 6. The molecule has 17 heteroatoms. The standard InChI is InChI=1S/C17H26O2.C15H22O2.C12H16O6S.C10H16O2.C8H10O4/c1-10(2)16(18)19-17(11(3)4)14-6-12-5-13(8-14)9-15(17)7-12;1-9(2)14(16)17-15(3)12-5-10-4-11(7-12)8-13(15)6-10;1-6(2)12(13)17-5-16-10-7-3-8-9(4-7)19(14,15)18-11(8)10;1-8(2)9(11)12-10(3)6-4-5-7-10;1-5(2)7(9)12-6-3-4-11-8(6)10/h11-15H,1,5-9H2,2-4H3;10-13H,1,4-8H2,2-3H3;7-11H,1,3-5H2,2H3;1,4-7H2,2-3H3;6H,1,3-4H2,2H3. The van der Waals surface area contributed by atoms with Crippen molar-refractivity contribution in [1.29, 1.82) is 0 Å². The molecule has 0 aromatic carbocycles. The van der Waals surface area contributed by atoms with E-state index in [2.05, 4.69) is 58.4 Å². The van der Waals surface area contributed by atoms with E-state index < -0.39 is 40.2 Å². The van der Waals surface area contributed by atoms with Crippen molar-refractivity contribution in [2.75, 3.05) is 13.4 Å². The normalized spacial score (nSPS) is 37.0. The highest BCUT2D eigenvalue weighted by Crippen LogP contribution is 2.63. The zero-order valence-corrected chi connectivity index (χ0v) is 49.4. The van der Waals surface area contributed by atoms with Gasteiger partial charge in [-0.2, -0.15) is 8.42 Å². The van der Waals surface area contributed by atoms with Crippen molar-refractivity contribution in [3.8, 4) is 0 Å². The first kappa shape index (κ1) is 62.0. The van der Waals surface area contributed by atoms with Crippen LogP contribution in [0.2, 0.25) is 0 Å². The summed E-state index contributed by atoms with van der Waals surface area (Å²) >= 11 is 0. The summed E-state index contributed by atoms with van der Waals surface area (Å²) in [7, 11) is -3.42. The number of carbonyl (C=O) groups excluding carboxylic acids is 6. The molecule has 10 bridgehead atoms. The number of ether oxygens (including phenoxy) is 7. The number of hydrogen-bond donors (Lipinski definition) is 0. The largest absolute Gasteiger partial charge is 0.463 e. The van der Waals surface area contributed by atoms with Crippen molar-refractivity contribution in [1.82, 2.24) is 0 Å². The summed E-state index contributed by atoms with van der Waals surface area (Å²) in [5.74, 6) is 4.48. The SMILES string of the molecule is C=C(C)C(=O)OC1(C(C)C)C2CC3CC(C2)CC1C3.C=C(C)C(=O)OC1(C)C2CC3CC(C2)CC1C3.C=C(C)C(=O)OC1(C)CCCC1.C=C(C)C(=O)OC1CCOC1=O.C=C(C)C(=O)OCOC1C2CC3C1OS(=O)(=O)C3C2. The fourth-order valence-corrected chi connectivity index (χ4v) is 17.6. The molecule has 2 aliphatic heterocycles. The molecule has 440 valence electrons. The lowest BCUT2D eigenvalue weighted by Gasteiger charge is -2.61. The highest BCUT2D eigenvalue weighted by molar-refractivity contribution is 7.87. The van der Waals surface area contributed by atoms with Crippen LogP contribution in [-0.4, -0.2) is 98.0 Å². The first-order chi connectivity index (χ1) is 37.0. The Hall–Kier alpha value is -4.61. The van der Waals surface area contributed by atoms with E-state index in [0.29, 0.717) is 71.3 Å². The predicted octanol–water partition coefficient (Wildman–Crippen LogP) is 10.7. The fraction of sp³-hybridized carbons (Fsp3) is 0.742. The third-order valence-corrected chi connectivity index (χ3v) is 21.2. The summed E-state index contributed by atoms with van der Waals surface area (Å²) in [5.41, 5.74) is 1.52. The van der Waals surface area contributed by atoms with Crippen molar-refractivity contribution in [3.63, 3.8) is 0 Å². The van der Waals surface area contributed by atoms with Crippen LogP contribution in [0.25, 0.3) is 0 Å². The molecule has 79 heavy (non-hydrogen) atoms. The fourth-order valence-electron chi connectivity index (χ4n) is 15.7. The molecular formula is C62H90O16S. The van der Waals surface area contributed by atoms with Gasteiger partial charge in [-0.25, -0.2) is 28.8 Å². The molecule has 0 amide bonds. The van der Waals surface area contributed by atoms with Gasteiger partial charge in [-0.15, -0.1) is 0 Å². The van der Waals surface area contributed by atoms with Crippen LogP contribution in [0, 0.1) is 65.1 Å². The Morgan fingerprint density at radius 1 is 0.608 bits per heavy atom. The highest BCUT2D eigenvalue weighted by Gasteiger charge is 2.65. The maximum atomic E-state index is 12.1. The topological polar surface area (TPSA) is 210 Å². The number of rotatable bonds is 13. The lowest BCUT2D eigenvalue weighted by atomic mass is 9.47. The quantitative estimate of drug-likeness (QED) is 0.0552. The summed E-state index contributed by atoms with van der Waals surface area (Å²) in [6.45, 7) is 34.9. The van der Waals surface area contributed by atoms with Gasteiger partial charge < -0.3 is 33.2 Å². The molecule has 13 fully saturated rings. The van der Waals surface area contributed by atoms with Gasteiger partial charge in [0.1, 0.15) is 22.9 Å². The van der Waals surface area contributed by atoms with Gasteiger partial charge in [-0.3, -0.25) is 4.18 Å². The zero-order chi connectivity index (χ0) is 58.1. The number of carbonyl (C=O) groups is 6. The highest BCUT2D eigenvalue weighted by atomic mass is 32.2. The van der Waals surface area contributed by atoms with Crippen molar-refractivity contribution in [2.24, 2.45) is 65.1 Å². The molecule has 0 N–H and O–H groups in total. The van der Waals surface area contributed by atoms with E-state index in [9.17, 15) is 37.2 Å². The first-order valence-electron chi connectivity index (χ1n) is 29.0. The maximum Gasteiger partial charge on any atom is 0.347 e. The molecule has 2 saturated heterocycles. The summed E-state index contributed by atoms with van der Waals surface area (Å²) in [6.07, 6.45) is 17.8. The maximum absolute atomic E-state index is 12.1. The van der Waals surface area contributed by atoms with Crippen LogP contribution in [0.15, 0.2) is 60.8 Å². The number of fused-ring (bicyclic) bond motifs is 1. The minimum atomic E-state index is -3.42. The minimum Gasteiger partial charge on any atom is -0.463 e. The van der Waals surface area contributed by atoms with Gasteiger partial charge in [0.25, 0.3) is 10.1 Å². The van der Waals surface area contributed by atoms with Crippen molar-refractivity contribution >= 4 is 45.9 Å². The average Bonchev–Trinajstić information content (AvgIpc) is 4.27. The van der Waals surface area contributed by atoms with Crippen molar-refractivity contribution in [2.45, 2.75) is 212 Å². The van der Waals surface area contributed by atoms with Gasteiger partial charge in [0.05, 0.1) is 18.0 Å². The summed E-state index contributed by atoms with van der Waals surface area (Å²) in [6, 6.07) is 0. The molecule has 0 radical (unpaired) electrons. The Morgan fingerprint density at radius 2 is 1.06 bits per heavy atom. The van der Waals surface area contributed by atoms with Crippen LogP contribution in [-0.2, 0) is 76.2 Å². The van der Waals surface area contributed by atoms with E-state index in [1.54, 1.807) is 27.7 Å². The van der Waals surface area contributed by atoms with E-state index in [1.165, 1.54) is 84.0 Å². The third kappa shape index (κ3) is 13.8. The van der Waals surface area contributed by atoms with Crippen LogP contribution in [0.3, 0.4) is 0 Å². The van der Waals surface area contributed by atoms with E-state index >= 15 is 0 Å². The Morgan fingerprint density at radius 3 is 1.51 bits per heavy atom. The van der Waals surface area contributed by atoms with E-state index in [1.807, 2.05) is 6.92 Å². The monoisotopic (exact) mass is 1120 g/mol. The lowest BCUT2D eigenvalue weighted by molar-refractivity contribution is -0.221. The van der Waals surface area contributed by atoms with Gasteiger partial charge in [0.15, 0.2) is 6.79 Å². The molecule has 0 spiro atoms. The molecule has 11 aliphatic carbocycles. The zero-order valence-electron chi connectivity index (χ0n) is 48.6. The lowest BCUT2D eigenvalue weighted by Crippen LogP contribution is -2.62. The van der Waals surface area contributed by atoms with Gasteiger partial charge in [-0.05, 0) is 210 Å². The summed E-state index contributed by atoms with van der Waals surface area (Å²) < 4.78 is 65.6. The van der Waals surface area contributed by atoms with Gasteiger partial charge in [0.2, 0.25) is 6.10 Å². The summed E-state index contributed by atoms with van der Waals surface area (Å²) in [4.78, 5) is 68.1. The Bertz CT molecular complexity index is 2460. The molecule has 13 aliphatic rings. The molecular weight excluding hydrogens is 1030 g/mol. The molecule has 0 aromatic rings. The molecule has 11 saturated carbocycles. The van der Waals surface area contributed by atoms with Gasteiger partial charge in [0, 0.05) is 40.2 Å². The Kier molecular flexibility index (Phi) is 19.5. The second kappa shape index (κ2) is 24.9. The number of hydrogen-bond acceptors (Lipinski definition) is 16. The molecule has 16 nitrogen and oxygen atoms in total.